The summed E-state index contributed by atoms with van der Waals surface area (Å²) in [5.41, 5.74) is 1.71. The monoisotopic (exact) mass is 518 g/mol. The normalized spacial score (nSPS) is 10.5. The summed E-state index contributed by atoms with van der Waals surface area (Å²) in [5, 5.41) is 14.6. The molecule has 0 unspecified atom stereocenters. The first-order valence-electron chi connectivity index (χ1n) is 11.3. The van der Waals surface area contributed by atoms with E-state index in [-0.39, 0.29) is 29.5 Å². The van der Waals surface area contributed by atoms with Crippen molar-refractivity contribution in [2.24, 2.45) is 0 Å². The average molecular weight is 519 g/mol. The molecule has 0 fully saturated rings. The maximum atomic E-state index is 12.8. The van der Waals surface area contributed by atoms with Crippen molar-refractivity contribution < 1.29 is 23.6 Å². The number of allylic oxidation sites excluding steroid dienone is 1. The fourth-order valence-electron chi connectivity index (χ4n) is 3.52. The summed E-state index contributed by atoms with van der Waals surface area (Å²) in [4.78, 5) is 23.7. The quantitative estimate of drug-likeness (QED) is 0.132. The van der Waals surface area contributed by atoms with Gasteiger partial charge >= 0.3 is 0 Å². The summed E-state index contributed by atoms with van der Waals surface area (Å²) in [6, 6.07) is 19.7. The van der Waals surface area contributed by atoms with E-state index in [1.165, 1.54) is 24.3 Å². The minimum absolute atomic E-state index is 0.0280. The summed E-state index contributed by atoms with van der Waals surface area (Å²) in [6.07, 6.45) is 2.45. The Balaban J connectivity index is 1.47. The lowest BCUT2D eigenvalue weighted by Gasteiger charge is -2.10. The Morgan fingerprint density at radius 1 is 1.11 bits per heavy atom. The number of nitrogens with zero attached hydrogens (tertiary/aromatic N) is 1. The van der Waals surface area contributed by atoms with Crippen molar-refractivity contribution in [2.75, 3.05) is 5.32 Å². The Bertz CT molecular complexity index is 1460. The van der Waals surface area contributed by atoms with Crippen LogP contribution in [0.1, 0.15) is 27.4 Å². The number of carbonyl (C=O) groups is 1. The summed E-state index contributed by atoms with van der Waals surface area (Å²) >= 11 is 6.05. The highest BCUT2D eigenvalue weighted by molar-refractivity contribution is 6.31. The predicted molar refractivity (Wildman–Crippen MR) is 141 cm³/mol. The smallest absolute Gasteiger partial charge is 0.291 e. The number of aryl methyl sites for hydroxylation is 1. The molecule has 0 radical (unpaired) electrons. The Hall–Kier alpha value is -4.56. The molecular formula is C28H23ClN2O6. The molecule has 1 aromatic heterocycles. The molecule has 1 amide bonds. The number of halogens is 1. The highest BCUT2D eigenvalue weighted by Crippen LogP contribution is 2.31. The highest BCUT2D eigenvalue weighted by Gasteiger charge is 2.17. The molecule has 0 aliphatic carbocycles. The molecule has 0 atom stereocenters. The molecule has 4 rings (SSSR count). The van der Waals surface area contributed by atoms with Crippen molar-refractivity contribution in [3.63, 3.8) is 0 Å². The standard InChI is InChI=1S/C28H23ClN2O6/c1-3-6-19-7-4-5-8-26(19)35-17-23-10-12-27(37-23)28(32)30-20-14-21(31(33)34)16-24(15-20)36-22-9-11-25(29)18(2)13-22/h3-5,7-16H,1,6,17H2,2H3,(H,30,32). The van der Waals surface area contributed by atoms with Crippen LogP contribution in [0, 0.1) is 17.0 Å². The molecule has 0 aliphatic heterocycles. The lowest BCUT2D eigenvalue weighted by Crippen LogP contribution is -2.11. The molecule has 3 aromatic carbocycles. The van der Waals surface area contributed by atoms with Crippen LogP contribution < -0.4 is 14.8 Å². The number of furan rings is 1. The van der Waals surface area contributed by atoms with Gasteiger partial charge in [-0.2, -0.15) is 0 Å². The number of nitro benzene ring substituents is 1. The fourth-order valence-corrected chi connectivity index (χ4v) is 3.64. The molecule has 0 saturated heterocycles. The summed E-state index contributed by atoms with van der Waals surface area (Å²) < 4.78 is 17.3. The van der Waals surface area contributed by atoms with Crippen molar-refractivity contribution in [1.82, 2.24) is 0 Å². The van der Waals surface area contributed by atoms with Gasteiger partial charge in [0.2, 0.25) is 0 Å². The summed E-state index contributed by atoms with van der Waals surface area (Å²) in [7, 11) is 0. The van der Waals surface area contributed by atoms with Gasteiger partial charge < -0.3 is 19.2 Å². The minimum Gasteiger partial charge on any atom is -0.485 e. The van der Waals surface area contributed by atoms with Crippen LogP contribution in [0.25, 0.3) is 0 Å². The van der Waals surface area contributed by atoms with Gasteiger partial charge in [-0.15, -0.1) is 6.58 Å². The lowest BCUT2D eigenvalue weighted by atomic mass is 10.1. The van der Waals surface area contributed by atoms with Gasteiger partial charge in [-0.1, -0.05) is 35.9 Å². The number of benzene rings is 3. The van der Waals surface area contributed by atoms with E-state index in [0.717, 1.165) is 11.1 Å². The van der Waals surface area contributed by atoms with Crippen molar-refractivity contribution in [3.05, 3.63) is 123 Å². The van der Waals surface area contributed by atoms with Gasteiger partial charge in [0.15, 0.2) is 5.76 Å². The number of anilines is 1. The van der Waals surface area contributed by atoms with E-state index in [2.05, 4.69) is 11.9 Å². The SMILES string of the molecule is C=CCc1ccccc1OCc1ccc(C(=O)Nc2cc(Oc3ccc(Cl)c(C)c3)cc([N+](=O)[O-])c2)o1. The number of nitro groups is 1. The van der Waals surface area contributed by atoms with E-state index in [4.69, 9.17) is 25.5 Å². The molecule has 0 bridgehead atoms. The molecule has 9 heteroatoms. The number of amides is 1. The Labute approximate surface area is 218 Å². The van der Waals surface area contributed by atoms with Gasteiger partial charge in [-0.3, -0.25) is 14.9 Å². The van der Waals surface area contributed by atoms with Crippen LogP contribution in [-0.4, -0.2) is 10.8 Å². The van der Waals surface area contributed by atoms with Gasteiger partial charge in [0.1, 0.15) is 29.6 Å². The molecule has 37 heavy (non-hydrogen) atoms. The molecule has 0 saturated carbocycles. The van der Waals surface area contributed by atoms with Crippen LogP contribution in [0.5, 0.6) is 17.2 Å². The Morgan fingerprint density at radius 3 is 2.68 bits per heavy atom. The second kappa shape index (κ2) is 11.5. The first-order chi connectivity index (χ1) is 17.8. The van der Waals surface area contributed by atoms with E-state index in [1.54, 1.807) is 30.3 Å². The average Bonchev–Trinajstić information content (AvgIpc) is 3.35. The molecule has 0 spiro atoms. The van der Waals surface area contributed by atoms with Crippen LogP contribution in [0.3, 0.4) is 0 Å². The van der Waals surface area contributed by atoms with Crippen LogP contribution in [0.2, 0.25) is 5.02 Å². The van der Waals surface area contributed by atoms with E-state index < -0.39 is 10.8 Å². The van der Waals surface area contributed by atoms with Crippen molar-refractivity contribution >= 4 is 28.9 Å². The van der Waals surface area contributed by atoms with Gasteiger partial charge in [-0.05, 0) is 60.9 Å². The third-order valence-corrected chi connectivity index (χ3v) is 5.74. The number of non-ortho nitro benzene ring substituents is 1. The topological polar surface area (TPSA) is 104 Å². The third-order valence-electron chi connectivity index (χ3n) is 5.32. The zero-order valence-corrected chi connectivity index (χ0v) is 20.7. The molecule has 8 nitrogen and oxygen atoms in total. The number of carbonyl (C=O) groups excluding carboxylic acids is 1. The molecule has 1 heterocycles. The number of hydrogen-bond donors (Lipinski definition) is 1. The summed E-state index contributed by atoms with van der Waals surface area (Å²) in [6.45, 7) is 5.69. The number of ether oxygens (including phenoxy) is 2. The fraction of sp³-hybridized carbons (Fsp3) is 0.107. The van der Waals surface area contributed by atoms with Crippen LogP contribution in [0.15, 0.2) is 89.9 Å². The highest BCUT2D eigenvalue weighted by atomic mass is 35.5. The van der Waals surface area contributed by atoms with Crippen molar-refractivity contribution in [2.45, 2.75) is 20.0 Å². The number of nitrogens with one attached hydrogen (secondary N) is 1. The Kier molecular flexibility index (Phi) is 7.90. The molecule has 188 valence electrons. The van der Waals surface area contributed by atoms with E-state index in [1.807, 2.05) is 31.2 Å². The molecular weight excluding hydrogens is 496 g/mol. The maximum absolute atomic E-state index is 12.8. The zero-order valence-electron chi connectivity index (χ0n) is 19.9. The van der Waals surface area contributed by atoms with Crippen LogP contribution in [0.4, 0.5) is 11.4 Å². The largest absolute Gasteiger partial charge is 0.485 e. The lowest BCUT2D eigenvalue weighted by molar-refractivity contribution is -0.384. The predicted octanol–water partition coefficient (Wildman–Crippen LogP) is 7.50. The minimum atomic E-state index is -0.577. The molecule has 0 aliphatic rings. The van der Waals surface area contributed by atoms with Gasteiger partial charge in [0.05, 0.1) is 16.7 Å². The van der Waals surface area contributed by atoms with Gasteiger partial charge in [0, 0.05) is 17.2 Å². The Morgan fingerprint density at radius 2 is 1.92 bits per heavy atom. The number of para-hydroxylation sites is 1. The second-order valence-electron chi connectivity index (χ2n) is 8.10. The number of hydrogen-bond acceptors (Lipinski definition) is 6. The van der Waals surface area contributed by atoms with Gasteiger partial charge in [0.25, 0.3) is 11.6 Å². The van der Waals surface area contributed by atoms with E-state index >= 15 is 0 Å². The maximum Gasteiger partial charge on any atom is 0.291 e. The molecule has 4 aromatic rings. The van der Waals surface area contributed by atoms with E-state index in [9.17, 15) is 14.9 Å². The van der Waals surface area contributed by atoms with Crippen LogP contribution in [-0.2, 0) is 13.0 Å². The van der Waals surface area contributed by atoms with Crippen molar-refractivity contribution in [1.29, 1.82) is 0 Å². The van der Waals surface area contributed by atoms with E-state index in [0.29, 0.717) is 28.7 Å². The first-order valence-corrected chi connectivity index (χ1v) is 11.7. The third kappa shape index (κ3) is 6.56. The van der Waals surface area contributed by atoms with Gasteiger partial charge in [-0.25, -0.2) is 0 Å². The summed E-state index contributed by atoms with van der Waals surface area (Å²) in [5.74, 6) is 1.22. The van der Waals surface area contributed by atoms with Crippen LogP contribution >= 0.6 is 11.6 Å². The van der Waals surface area contributed by atoms with Crippen molar-refractivity contribution in [3.8, 4) is 17.2 Å². The number of rotatable bonds is 10. The molecule has 1 N–H and O–H groups in total. The zero-order chi connectivity index (χ0) is 26.4. The second-order valence-corrected chi connectivity index (χ2v) is 8.50. The first kappa shape index (κ1) is 25.5.